The van der Waals surface area contributed by atoms with Crippen LogP contribution in [-0.2, 0) is 4.79 Å². The zero-order valence-electron chi connectivity index (χ0n) is 11.0. The molecule has 1 aromatic heterocycles. The second kappa shape index (κ2) is 6.89. The molecule has 1 saturated carbocycles. The van der Waals surface area contributed by atoms with Crippen LogP contribution in [0.15, 0.2) is 5.16 Å². The minimum Gasteiger partial charge on any atom is -0.481 e. The lowest BCUT2D eigenvalue weighted by Crippen LogP contribution is -2.40. The number of amides is 2. The van der Waals surface area contributed by atoms with Gasteiger partial charge in [-0.05, 0) is 31.9 Å². The highest BCUT2D eigenvalue weighted by atomic mass is 32.2. The molecule has 0 unspecified atom stereocenters. The standard InChI is InChI=1S/C11H16N4O3S2/c1-19-11-14-10(20-15-11)13-9(18)12-7-4-2-6(3-5-7)8(16)17/h6-7H,2-5H2,1H3,(H,16,17)(H2,12,13,14,15,18). The van der Waals surface area contributed by atoms with Crippen LogP contribution in [0.2, 0.25) is 0 Å². The number of hydrogen-bond donors (Lipinski definition) is 3. The van der Waals surface area contributed by atoms with Gasteiger partial charge < -0.3 is 10.4 Å². The molecule has 0 aromatic carbocycles. The highest BCUT2D eigenvalue weighted by molar-refractivity contribution is 7.98. The van der Waals surface area contributed by atoms with E-state index in [9.17, 15) is 9.59 Å². The first-order chi connectivity index (χ1) is 9.58. The maximum Gasteiger partial charge on any atom is 0.321 e. The van der Waals surface area contributed by atoms with E-state index in [-0.39, 0.29) is 18.0 Å². The normalized spacial score (nSPS) is 22.2. The van der Waals surface area contributed by atoms with E-state index < -0.39 is 5.97 Å². The van der Waals surface area contributed by atoms with Crippen molar-refractivity contribution in [2.24, 2.45) is 5.92 Å². The molecule has 20 heavy (non-hydrogen) atoms. The van der Waals surface area contributed by atoms with E-state index >= 15 is 0 Å². The van der Waals surface area contributed by atoms with Gasteiger partial charge in [0.05, 0.1) is 5.92 Å². The van der Waals surface area contributed by atoms with Gasteiger partial charge in [-0.3, -0.25) is 10.1 Å². The number of urea groups is 1. The molecule has 1 fully saturated rings. The average molecular weight is 316 g/mol. The Balaban J connectivity index is 1.76. The van der Waals surface area contributed by atoms with Crippen molar-refractivity contribution >= 4 is 40.4 Å². The molecule has 0 spiro atoms. The third kappa shape index (κ3) is 4.07. The maximum absolute atomic E-state index is 11.8. The molecule has 110 valence electrons. The molecule has 0 aliphatic heterocycles. The quantitative estimate of drug-likeness (QED) is 0.734. The van der Waals surface area contributed by atoms with Crippen LogP contribution in [0.5, 0.6) is 0 Å². The topological polar surface area (TPSA) is 104 Å². The number of nitrogens with zero attached hydrogens (tertiary/aromatic N) is 2. The van der Waals surface area contributed by atoms with Crippen LogP contribution in [0.3, 0.4) is 0 Å². The van der Waals surface area contributed by atoms with Gasteiger partial charge in [-0.2, -0.15) is 9.36 Å². The summed E-state index contributed by atoms with van der Waals surface area (Å²) < 4.78 is 4.05. The number of carbonyl (C=O) groups excluding carboxylic acids is 1. The molecule has 7 nitrogen and oxygen atoms in total. The lowest BCUT2D eigenvalue weighted by molar-refractivity contribution is -0.142. The van der Waals surface area contributed by atoms with Crippen molar-refractivity contribution in [3.63, 3.8) is 0 Å². The number of nitrogens with one attached hydrogen (secondary N) is 2. The van der Waals surface area contributed by atoms with Crippen molar-refractivity contribution in [3.05, 3.63) is 0 Å². The van der Waals surface area contributed by atoms with Crippen LogP contribution in [0.4, 0.5) is 9.93 Å². The molecule has 0 atom stereocenters. The summed E-state index contributed by atoms with van der Waals surface area (Å²) in [6.07, 6.45) is 4.46. The largest absolute Gasteiger partial charge is 0.481 e. The van der Waals surface area contributed by atoms with Crippen LogP contribution >= 0.6 is 23.3 Å². The number of thioether (sulfide) groups is 1. The minimum absolute atomic E-state index is 0.0264. The smallest absolute Gasteiger partial charge is 0.321 e. The zero-order valence-corrected chi connectivity index (χ0v) is 12.6. The Labute approximate surface area is 124 Å². The van der Waals surface area contributed by atoms with Gasteiger partial charge in [0.2, 0.25) is 10.3 Å². The van der Waals surface area contributed by atoms with Crippen LogP contribution in [-0.4, -0.2) is 38.8 Å². The molecule has 3 N–H and O–H groups in total. The summed E-state index contributed by atoms with van der Waals surface area (Å²) in [7, 11) is 0. The first-order valence-corrected chi connectivity index (χ1v) is 8.26. The Morgan fingerprint density at radius 3 is 2.60 bits per heavy atom. The lowest BCUT2D eigenvalue weighted by atomic mass is 9.86. The fraction of sp³-hybridized carbons (Fsp3) is 0.636. The minimum atomic E-state index is -0.744. The van der Waals surface area contributed by atoms with E-state index in [0.717, 1.165) is 11.5 Å². The molecular formula is C11H16N4O3S2. The number of aromatic nitrogens is 2. The van der Waals surface area contributed by atoms with Crippen LogP contribution in [0.1, 0.15) is 25.7 Å². The molecular weight excluding hydrogens is 300 g/mol. The molecule has 2 rings (SSSR count). The molecule has 2 amide bonds. The summed E-state index contributed by atoms with van der Waals surface area (Å²) in [5.41, 5.74) is 0. The number of aliphatic carboxylic acids is 1. The highest BCUT2D eigenvalue weighted by Crippen LogP contribution is 2.24. The maximum atomic E-state index is 11.8. The molecule has 0 radical (unpaired) electrons. The summed E-state index contributed by atoms with van der Waals surface area (Å²) >= 11 is 2.55. The van der Waals surface area contributed by atoms with Crippen LogP contribution in [0.25, 0.3) is 0 Å². The van der Waals surface area contributed by atoms with E-state index in [1.807, 2.05) is 6.26 Å². The zero-order chi connectivity index (χ0) is 14.5. The Kier molecular flexibility index (Phi) is 5.18. The van der Waals surface area contributed by atoms with Gasteiger partial charge in [0.25, 0.3) is 0 Å². The van der Waals surface area contributed by atoms with Gasteiger partial charge in [-0.1, -0.05) is 11.8 Å². The third-order valence-electron chi connectivity index (χ3n) is 3.22. The molecule has 1 aromatic rings. The van der Waals surface area contributed by atoms with E-state index in [0.29, 0.717) is 36.0 Å². The number of rotatable bonds is 4. The number of carboxylic acids is 1. The Morgan fingerprint density at radius 2 is 2.05 bits per heavy atom. The molecule has 0 saturated heterocycles. The van der Waals surface area contributed by atoms with Crippen LogP contribution < -0.4 is 10.6 Å². The van der Waals surface area contributed by atoms with E-state index in [2.05, 4.69) is 20.0 Å². The van der Waals surface area contributed by atoms with Gasteiger partial charge in [0, 0.05) is 17.6 Å². The van der Waals surface area contributed by atoms with Gasteiger partial charge in [0.1, 0.15) is 0 Å². The number of carboxylic acid groups (broad SMARTS) is 1. The van der Waals surface area contributed by atoms with Gasteiger partial charge in [-0.25, -0.2) is 4.79 Å². The van der Waals surface area contributed by atoms with E-state index in [4.69, 9.17) is 5.11 Å². The Hall–Kier alpha value is -1.35. The average Bonchev–Trinajstić information content (AvgIpc) is 2.86. The van der Waals surface area contributed by atoms with Gasteiger partial charge >= 0.3 is 12.0 Å². The van der Waals surface area contributed by atoms with Crippen molar-refractivity contribution in [2.45, 2.75) is 36.9 Å². The summed E-state index contributed by atoms with van der Waals surface area (Å²) in [5.74, 6) is -1.02. The number of anilines is 1. The Morgan fingerprint density at radius 1 is 1.35 bits per heavy atom. The van der Waals surface area contributed by atoms with Crippen molar-refractivity contribution < 1.29 is 14.7 Å². The predicted molar refractivity (Wildman–Crippen MR) is 77.2 cm³/mol. The number of carbonyl (C=O) groups is 2. The van der Waals surface area contributed by atoms with E-state index in [1.54, 1.807) is 0 Å². The first-order valence-electron chi connectivity index (χ1n) is 6.26. The fourth-order valence-electron chi connectivity index (χ4n) is 2.15. The second-order valence-electron chi connectivity index (χ2n) is 4.57. The third-order valence-corrected chi connectivity index (χ3v) is 4.52. The van der Waals surface area contributed by atoms with Crippen molar-refractivity contribution in [3.8, 4) is 0 Å². The van der Waals surface area contributed by atoms with Crippen molar-refractivity contribution in [1.29, 1.82) is 0 Å². The highest BCUT2D eigenvalue weighted by Gasteiger charge is 2.26. The SMILES string of the molecule is CSc1nsc(NC(=O)NC2CCC(C(=O)O)CC2)n1. The molecule has 0 bridgehead atoms. The molecule has 1 aliphatic carbocycles. The molecule has 1 aliphatic rings. The second-order valence-corrected chi connectivity index (χ2v) is 6.10. The fourth-order valence-corrected chi connectivity index (χ4v) is 3.27. The van der Waals surface area contributed by atoms with E-state index in [1.165, 1.54) is 11.8 Å². The molecule has 1 heterocycles. The monoisotopic (exact) mass is 316 g/mol. The summed E-state index contributed by atoms with van der Waals surface area (Å²) in [6.45, 7) is 0. The predicted octanol–water partition coefficient (Wildman–Crippen LogP) is 2.02. The summed E-state index contributed by atoms with van der Waals surface area (Å²) in [4.78, 5) is 26.7. The first kappa shape index (κ1) is 15.0. The summed E-state index contributed by atoms with van der Waals surface area (Å²) in [6, 6.07) is -0.286. The number of hydrogen-bond acceptors (Lipinski definition) is 6. The summed E-state index contributed by atoms with van der Waals surface area (Å²) in [5, 5.41) is 15.5. The van der Waals surface area contributed by atoms with Crippen molar-refractivity contribution in [1.82, 2.24) is 14.7 Å². The van der Waals surface area contributed by atoms with Gasteiger partial charge in [0.15, 0.2) is 0 Å². The van der Waals surface area contributed by atoms with Crippen LogP contribution in [0, 0.1) is 5.92 Å². The lowest BCUT2D eigenvalue weighted by Gasteiger charge is -2.26. The van der Waals surface area contributed by atoms with Gasteiger partial charge in [-0.15, -0.1) is 0 Å². The molecule has 9 heteroatoms. The van der Waals surface area contributed by atoms with Crippen molar-refractivity contribution in [2.75, 3.05) is 11.6 Å². The Bertz CT molecular complexity index is 486.